The Morgan fingerprint density at radius 2 is 1.27 bits per heavy atom. The van der Waals surface area contributed by atoms with Crippen molar-refractivity contribution >= 4 is 5.57 Å². The minimum atomic E-state index is -2.06. The first-order valence-corrected chi connectivity index (χ1v) is 4.98. The standard InChI is InChI=1S/C15H12/c1-2-11-12-7-3-5-9-14(12)15-10-6-4-8-13(11)15/h2-10H,1H3/i1D3. The Bertz CT molecular complexity index is 589. The van der Waals surface area contributed by atoms with Gasteiger partial charge >= 0.3 is 0 Å². The monoisotopic (exact) mass is 195 g/mol. The van der Waals surface area contributed by atoms with Gasteiger partial charge in [0, 0.05) is 4.11 Å². The van der Waals surface area contributed by atoms with Gasteiger partial charge < -0.3 is 0 Å². The van der Waals surface area contributed by atoms with Crippen LogP contribution in [0, 0.1) is 0 Å². The van der Waals surface area contributed by atoms with Crippen molar-refractivity contribution in [3.63, 3.8) is 0 Å². The summed E-state index contributed by atoms with van der Waals surface area (Å²) in [5.74, 6) is 0. The van der Waals surface area contributed by atoms with Crippen LogP contribution in [0.1, 0.15) is 22.1 Å². The summed E-state index contributed by atoms with van der Waals surface area (Å²) in [6.07, 6.45) is 1.39. The first-order valence-electron chi connectivity index (χ1n) is 6.48. The molecule has 0 aromatic heterocycles. The highest BCUT2D eigenvalue weighted by Gasteiger charge is 2.20. The highest BCUT2D eigenvalue weighted by atomic mass is 14.2. The number of fused-ring (bicyclic) bond motifs is 3. The fourth-order valence-corrected chi connectivity index (χ4v) is 2.21. The van der Waals surface area contributed by atoms with E-state index in [1.807, 2.05) is 48.5 Å². The van der Waals surface area contributed by atoms with Gasteiger partial charge in [0.15, 0.2) is 0 Å². The highest BCUT2D eigenvalue weighted by molar-refractivity contribution is 6.00. The van der Waals surface area contributed by atoms with Crippen molar-refractivity contribution in [2.45, 2.75) is 6.85 Å². The SMILES string of the molecule is [2H]C([2H])([2H])C=C1c2ccccc2-c2ccccc21. The molecule has 0 atom stereocenters. The van der Waals surface area contributed by atoms with E-state index < -0.39 is 6.85 Å². The maximum atomic E-state index is 7.44. The summed E-state index contributed by atoms with van der Waals surface area (Å²) < 4.78 is 22.3. The van der Waals surface area contributed by atoms with Gasteiger partial charge in [-0.1, -0.05) is 54.6 Å². The molecule has 0 heteroatoms. The van der Waals surface area contributed by atoms with Crippen LogP contribution >= 0.6 is 0 Å². The van der Waals surface area contributed by atoms with Gasteiger partial charge in [-0.2, -0.15) is 0 Å². The van der Waals surface area contributed by atoms with Gasteiger partial charge in [0.2, 0.25) is 0 Å². The Labute approximate surface area is 94.1 Å². The van der Waals surface area contributed by atoms with Crippen LogP contribution in [0.3, 0.4) is 0 Å². The molecule has 2 aromatic carbocycles. The fraction of sp³-hybridized carbons (Fsp3) is 0.0667. The van der Waals surface area contributed by atoms with E-state index in [1.54, 1.807) is 0 Å². The Hall–Kier alpha value is -1.82. The lowest BCUT2D eigenvalue weighted by molar-refractivity contribution is 1.63. The Kier molecular flexibility index (Phi) is 1.22. The fourth-order valence-electron chi connectivity index (χ4n) is 2.21. The zero-order valence-electron chi connectivity index (χ0n) is 11.2. The molecule has 0 radical (unpaired) electrons. The van der Waals surface area contributed by atoms with Gasteiger partial charge in [-0.25, -0.2) is 0 Å². The number of benzene rings is 2. The summed E-state index contributed by atoms with van der Waals surface area (Å²) in [6.45, 7) is -2.06. The lowest BCUT2D eigenvalue weighted by Gasteiger charge is -1.99. The van der Waals surface area contributed by atoms with Crippen LogP contribution in [0.4, 0.5) is 0 Å². The summed E-state index contributed by atoms with van der Waals surface area (Å²) in [5.41, 5.74) is 5.07. The second-order valence-electron chi connectivity index (χ2n) is 3.65. The molecule has 0 heterocycles. The first-order chi connectivity index (χ1) is 8.56. The molecule has 0 unspecified atom stereocenters. The first kappa shape index (κ1) is 5.92. The van der Waals surface area contributed by atoms with Gasteiger partial charge in [-0.3, -0.25) is 0 Å². The van der Waals surface area contributed by atoms with Gasteiger partial charge in [0.05, 0.1) is 0 Å². The molecule has 0 saturated carbocycles. The Morgan fingerprint density at radius 1 is 0.800 bits per heavy atom. The maximum absolute atomic E-state index is 7.44. The third-order valence-electron chi connectivity index (χ3n) is 2.87. The minimum Gasteiger partial charge on any atom is -0.0791 e. The average Bonchev–Trinajstić information content (AvgIpc) is 2.64. The van der Waals surface area contributed by atoms with Crippen LogP contribution < -0.4 is 0 Å². The van der Waals surface area contributed by atoms with Crippen molar-refractivity contribution in [2.75, 3.05) is 0 Å². The van der Waals surface area contributed by atoms with Gasteiger partial charge in [0.25, 0.3) is 0 Å². The largest absolute Gasteiger partial charge is 0.0791 e. The molecule has 0 amide bonds. The molecular weight excluding hydrogens is 180 g/mol. The normalized spacial score (nSPS) is 16.0. The molecule has 0 fully saturated rings. The number of hydrogen-bond acceptors (Lipinski definition) is 0. The summed E-state index contributed by atoms with van der Waals surface area (Å²) in [7, 11) is 0. The predicted octanol–water partition coefficient (Wildman–Crippen LogP) is 4.12. The summed E-state index contributed by atoms with van der Waals surface area (Å²) in [5, 5.41) is 0. The van der Waals surface area contributed by atoms with Crippen LogP contribution in [0.2, 0.25) is 0 Å². The molecule has 3 rings (SSSR count). The topological polar surface area (TPSA) is 0 Å². The second-order valence-corrected chi connectivity index (χ2v) is 3.65. The molecule has 0 N–H and O–H groups in total. The molecule has 72 valence electrons. The quantitative estimate of drug-likeness (QED) is 0.506. The third-order valence-corrected chi connectivity index (χ3v) is 2.87. The minimum absolute atomic E-state index is 0.821. The van der Waals surface area contributed by atoms with Crippen molar-refractivity contribution in [2.24, 2.45) is 0 Å². The number of allylic oxidation sites excluding steroid dienone is 1. The Morgan fingerprint density at radius 3 is 1.73 bits per heavy atom. The zero-order chi connectivity index (χ0) is 12.8. The molecule has 15 heavy (non-hydrogen) atoms. The summed E-state index contributed by atoms with van der Waals surface area (Å²) in [6, 6.07) is 15.9. The van der Waals surface area contributed by atoms with E-state index in [9.17, 15) is 0 Å². The van der Waals surface area contributed by atoms with Gasteiger partial charge in [-0.15, -0.1) is 0 Å². The predicted molar refractivity (Wildman–Crippen MR) is 64.6 cm³/mol. The van der Waals surface area contributed by atoms with Crippen molar-refractivity contribution in [3.8, 4) is 11.1 Å². The van der Waals surface area contributed by atoms with Gasteiger partial charge in [-0.05, 0) is 34.7 Å². The van der Waals surface area contributed by atoms with Crippen molar-refractivity contribution in [1.82, 2.24) is 0 Å². The van der Waals surface area contributed by atoms with Crippen LogP contribution in [-0.4, -0.2) is 0 Å². The molecule has 0 aliphatic heterocycles. The van der Waals surface area contributed by atoms with E-state index in [2.05, 4.69) is 0 Å². The summed E-state index contributed by atoms with van der Waals surface area (Å²) in [4.78, 5) is 0. The lowest BCUT2D eigenvalue weighted by Crippen LogP contribution is -1.78. The van der Waals surface area contributed by atoms with Crippen LogP contribution in [0.25, 0.3) is 16.7 Å². The molecule has 1 aliphatic rings. The number of rotatable bonds is 0. The van der Waals surface area contributed by atoms with E-state index >= 15 is 0 Å². The molecule has 0 bridgehead atoms. The van der Waals surface area contributed by atoms with Crippen LogP contribution in [0.5, 0.6) is 0 Å². The van der Waals surface area contributed by atoms with E-state index in [1.165, 1.54) is 6.08 Å². The highest BCUT2D eigenvalue weighted by Crippen LogP contribution is 2.43. The van der Waals surface area contributed by atoms with E-state index in [-0.39, 0.29) is 0 Å². The van der Waals surface area contributed by atoms with E-state index in [4.69, 9.17) is 4.11 Å². The molecule has 0 saturated heterocycles. The lowest BCUT2D eigenvalue weighted by atomic mass is 10.0. The molecule has 1 aliphatic carbocycles. The smallest absolute Gasteiger partial charge is 0.0274 e. The molecule has 0 nitrogen and oxygen atoms in total. The molecule has 2 aromatic rings. The Balaban J connectivity index is 2.31. The number of hydrogen-bond donors (Lipinski definition) is 0. The van der Waals surface area contributed by atoms with E-state index in [0.717, 1.165) is 27.8 Å². The van der Waals surface area contributed by atoms with Crippen molar-refractivity contribution in [1.29, 1.82) is 0 Å². The zero-order valence-corrected chi connectivity index (χ0v) is 8.20. The van der Waals surface area contributed by atoms with Crippen LogP contribution in [0.15, 0.2) is 54.6 Å². The van der Waals surface area contributed by atoms with Gasteiger partial charge in [0.1, 0.15) is 0 Å². The molecular formula is C15H12. The van der Waals surface area contributed by atoms with Crippen molar-refractivity contribution < 1.29 is 4.11 Å². The molecule has 0 spiro atoms. The van der Waals surface area contributed by atoms with E-state index in [0.29, 0.717) is 0 Å². The summed E-state index contributed by atoms with van der Waals surface area (Å²) >= 11 is 0. The third kappa shape index (κ3) is 1.08. The van der Waals surface area contributed by atoms with Crippen LogP contribution in [-0.2, 0) is 0 Å². The average molecular weight is 195 g/mol. The maximum Gasteiger partial charge on any atom is 0.0274 e. The second kappa shape index (κ2) is 3.09. The van der Waals surface area contributed by atoms with Crippen molar-refractivity contribution in [3.05, 3.63) is 65.7 Å².